The average molecular weight is 280 g/mol. The summed E-state index contributed by atoms with van der Waals surface area (Å²) in [6, 6.07) is 0. The Morgan fingerprint density at radius 2 is 1.61 bits per heavy atom. The van der Waals surface area contributed by atoms with Crippen LogP contribution in [0.4, 0.5) is 22.4 Å². The molecule has 0 aliphatic carbocycles. The Hall–Kier alpha value is -2.21. The number of halogens is 4. The molecule has 13 heteroatoms. The van der Waals surface area contributed by atoms with Crippen molar-refractivity contribution in [3.05, 3.63) is 20.2 Å². The summed E-state index contributed by atoms with van der Waals surface area (Å²) in [5, 5.41) is 28.0. The summed E-state index contributed by atoms with van der Waals surface area (Å²) >= 11 is 0. The molecule has 0 aliphatic rings. The minimum absolute atomic E-state index is 1.99. The van der Waals surface area contributed by atoms with Gasteiger partial charge in [0.15, 0.2) is 0 Å². The molecule has 0 fully saturated rings. The molecular weight excluding hydrogens is 276 g/mol. The van der Waals surface area contributed by atoms with Gasteiger partial charge in [-0.1, -0.05) is 0 Å². The third-order valence-electron chi connectivity index (χ3n) is 1.61. The molecule has 0 saturated carbocycles. The second kappa shape index (κ2) is 5.42. The molecule has 2 atom stereocenters. The van der Waals surface area contributed by atoms with Crippen LogP contribution in [0.3, 0.4) is 0 Å². The summed E-state index contributed by atoms with van der Waals surface area (Å²) in [5.41, 5.74) is 0. The number of alkyl halides is 4. The Kier molecular flexibility index (Phi) is 4.75. The van der Waals surface area contributed by atoms with Crippen molar-refractivity contribution in [2.45, 2.75) is 24.6 Å². The summed E-state index contributed by atoms with van der Waals surface area (Å²) < 4.78 is 53.4. The summed E-state index contributed by atoms with van der Waals surface area (Å²) in [4.78, 5) is 26.0. The van der Waals surface area contributed by atoms with E-state index in [-0.39, 0.29) is 0 Å². The fourth-order valence-corrected chi connectivity index (χ4v) is 0.849. The van der Waals surface area contributed by atoms with Gasteiger partial charge in [0, 0.05) is 0 Å². The molecule has 0 rings (SSSR count). The zero-order valence-corrected chi connectivity index (χ0v) is 8.04. The summed E-state index contributed by atoms with van der Waals surface area (Å²) in [6.07, 6.45) is -15.0. The first-order valence-corrected chi connectivity index (χ1v) is 3.84. The first kappa shape index (κ1) is 15.8. The lowest BCUT2D eigenvalue weighted by Gasteiger charge is -2.24. The van der Waals surface area contributed by atoms with Crippen molar-refractivity contribution in [3.8, 4) is 0 Å². The molecule has 0 bridgehead atoms. The molecule has 9 nitrogen and oxygen atoms in total. The van der Waals surface area contributed by atoms with E-state index in [0.29, 0.717) is 0 Å². The van der Waals surface area contributed by atoms with E-state index in [1.807, 2.05) is 0 Å². The molecule has 0 heterocycles. The molecule has 0 amide bonds. The van der Waals surface area contributed by atoms with E-state index in [0.717, 1.165) is 0 Å². The van der Waals surface area contributed by atoms with Crippen molar-refractivity contribution in [1.29, 1.82) is 0 Å². The molecule has 0 saturated heterocycles. The smallest absolute Gasteiger partial charge is 0.450 e. The zero-order chi connectivity index (χ0) is 14.7. The third kappa shape index (κ3) is 3.14. The maximum Gasteiger partial charge on any atom is 0.508 e. The molecule has 0 aromatic rings. The van der Waals surface area contributed by atoms with Crippen LogP contribution < -0.4 is 0 Å². The highest BCUT2D eigenvalue weighted by Crippen LogP contribution is 2.32. The molecule has 0 aromatic heterocycles. The van der Waals surface area contributed by atoms with Crippen LogP contribution in [0.15, 0.2) is 0 Å². The van der Waals surface area contributed by atoms with E-state index in [2.05, 4.69) is 4.74 Å². The fraction of sp³-hybridized carbons (Fsp3) is 0.800. The highest BCUT2D eigenvalue weighted by Gasteiger charge is 2.65. The van der Waals surface area contributed by atoms with Crippen LogP contribution in [0, 0.1) is 20.2 Å². The van der Waals surface area contributed by atoms with Crippen LogP contribution in [0.1, 0.15) is 0 Å². The number of hydrogen-bond donors (Lipinski definition) is 1. The molecule has 0 spiro atoms. The van der Waals surface area contributed by atoms with Gasteiger partial charge in [-0.15, -0.1) is 0 Å². The van der Waals surface area contributed by atoms with E-state index in [4.69, 9.17) is 5.11 Å². The minimum atomic E-state index is -5.02. The van der Waals surface area contributed by atoms with Gasteiger partial charge in [-0.05, 0) is 0 Å². The molecular formula is C5H4F4N2O7. The van der Waals surface area contributed by atoms with Crippen molar-refractivity contribution in [2.75, 3.05) is 0 Å². The normalized spacial score (nSPS) is 16.1. The quantitative estimate of drug-likeness (QED) is 0.250. The predicted octanol–water partition coefficient (Wildman–Crippen LogP) is 0.829. The number of ether oxygens (including phenoxy) is 1. The van der Waals surface area contributed by atoms with Crippen LogP contribution in [-0.2, 0) is 4.74 Å². The fourth-order valence-electron chi connectivity index (χ4n) is 0.849. The number of rotatable bonds is 6. The van der Waals surface area contributed by atoms with Gasteiger partial charge in [0.1, 0.15) is 0 Å². The zero-order valence-electron chi connectivity index (χ0n) is 8.04. The standard InChI is InChI=1S/C5H4F4N2O7/c6-1(2(10(14)15)11(16)17)5(9,3(7)8)18-4(12)13/h1-3H,(H,12,13). The Bertz CT molecular complexity index is 352. The molecule has 0 aliphatic heterocycles. The van der Waals surface area contributed by atoms with Gasteiger partial charge in [-0.25, -0.2) is 18.0 Å². The SMILES string of the molecule is O=C(O)OC(F)(C(F)F)C(F)C([N+](=O)[O-])[N+](=O)[O-]. The number of nitro groups is 2. The topological polar surface area (TPSA) is 133 Å². The Morgan fingerprint density at radius 1 is 1.22 bits per heavy atom. The van der Waals surface area contributed by atoms with Crippen LogP contribution in [0.2, 0.25) is 0 Å². The lowest BCUT2D eigenvalue weighted by atomic mass is 10.1. The van der Waals surface area contributed by atoms with Gasteiger partial charge < -0.3 is 9.84 Å². The number of nitrogens with zero attached hydrogens (tertiary/aromatic N) is 2. The lowest BCUT2D eigenvalue weighted by Crippen LogP contribution is -2.55. The maximum atomic E-state index is 13.2. The molecule has 1 N–H and O–H groups in total. The van der Waals surface area contributed by atoms with Crippen LogP contribution in [0.5, 0.6) is 0 Å². The Labute approximate surface area is 94.2 Å². The lowest BCUT2D eigenvalue weighted by molar-refractivity contribution is -0.753. The third-order valence-corrected chi connectivity index (χ3v) is 1.61. The summed E-state index contributed by atoms with van der Waals surface area (Å²) in [5.74, 6) is -5.02. The second-order valence-electron chi connectivity index (χ2n) is 2.75. The first-order chi connectivity index (χ1) is 8.04. The van der Waals surface area contributed by atoms with Crippen LogP contribution in [-0.4, -0.2) is 45.7 Å². The van der Waals surface area contributed by atoms with E-state index in [1.54, 1.807) is 0 Å². The van der Waals surface area contributed by atoms with Gasteiger partial charge in [-0.2, -0.15) is 4.39 Å². The molecule has 0 radical (unpaired) electrons. The monoisotopic (exact) mass is 280 g/mol. The van der Waals surface area contributed by atoms with E-state index in [1.165, 1.54) is 0 Å². The van der Waals surface area contributed by atoms with Crippen molar-refractivity contribution in [2.24, 2.45) is 0 Å². The van der Waals surface area contributed by atoms with Gasteiger partial charge in [0.25, 0.3) is 0 Å². The van der Waals surface area contributed by atoms with Gasteiger partial charge >= 0.3 is 30.8 Å². The first-order valence-electron chi connectivity index (χ1n) is 3.84. The Balaban J connectivity index is 5.42. The number of hydrogen-bond acceptors (Lipinski definition) is 6. The van der Waals surface area contributed by atoms with Gasteiger partial charge in [-0.3, -0.25) is 20.2 Å². The minimum Gasteiger partial charge on any atom is -0.450 e. The highest BCUT2D eigenvalue weighted by molar-refractivity contribution is 5.57. The van der Waals surface area contributed by atoms with E-state index in [9.17, 15) is 42.6 Å². The summed E-state index contributed by atoms with van der Waals surface area (Å²) in [6.45, 7) is 0. The molecule has 18 heavy (non-hydrogen) atoms. The Morgan fingerprint density at radius 3 is 1.83 bits per heavy atom. The number of carbonyl (C=O) groups is 1. The van der Waals surface area contributed by atoms with Crippen LogP contribution in [0.25, 0.3) is 0 Å². The van der Waals surface area contributed by atoms with Crippen LogP contribution >= 0.6 is 0 Å². The van der Waals surface area contributed by atoms with Gasteiger partial charge in [0.05, 0.1) is 9.85 Å². The summed E-state index contributed by atoms with van der Waals surface area (Å²) in [7, 11) is 0. The number of carboxylic acid groups (broad SMARTS) is 1. The molecule has 0 aromatic carbocycles. The predicted molar refractivity (Wildman–Crippen MR) is 41.6 cm³/mol. The van der Waals surface area contributed by atoms with Crippen molar-refractivity contribution in [1.82, 2.24) is 0 Å². The largest absolute Gasteiger partial charge is 0.508 e. The van der Waals surface area contributed by atoms with E-state index >= 15 is 0 Å². The maximum absolute atomic E-state index is 13.2. The van der Waals surface area contributed by atoms with Gasteiger partial charge in [0.2, 0.25) is 0 Å². The molecule has 2 unspecified atom stereocenters. The average Bonchev–Trinajstić information content (AvgIpc) is 2.14. The molecule has 104 valence electrons. The van der Waals surface area contributed by atoms with Crippen molar-refractivity contribution < 1.29 is 42.0 Å². The van der Waals surface area contributed by atoms with Crippen molar-refractivity contribution in [3.63, 3.8) is 0 Å². The van der Waals surface area contributed by atoms with E-state index < -0.39 is 40.6 Å². The second-order valence-corrected chi connectivity index (χ2v) is 2.75. The highest BCUT2D eigenvalue weighted by atomic mass is 19.3. The van der Waals surface area contributed by atoms with Crippen molar-refractivity contribution >= 4 is 6.16 Å².